The maximum absolute atomic E-state index is 13.2. The van der Waals surface area contributed by atoms with Crippen LogP contribution >= 0.6 is 0 Å². The van der Waals surface area contributed by atoms with Crippen LogP contribution < -0.4 is 4.90 Å². The number of anilines is 1. The zero-order chi connectivity index (χ0) is 17.1. The summed E-state index contributed by atoms with van der Waals surface area (Å²) in [6, 6.07) is 19.0. The van der Waals surface area contributed by atoms with Gasteiger partial charge in [0.2, 0.25) is 0 Å². The highest BCUT2D eigenvalue weighted by Gasteiger charge is 2.18. The monoisotopic (exact) mass is 328 g/mol. The average molecular weight is 328 g/mol. The van der Waals surface area contributed by atoms with Crippen LogP contribution in [0.1, 0.15) is 15.9 Å². The second-order valence-corrected chi connectivity index (χ2v) is 5.72. The van der Waals surface area contributed by atoms with Crippen LogP contribution in [0.5, 0.6) is 0 Å². The molecule has 25 heavy (non-hydrogen) atoms. The van der Waals surface area contributed by atoms with E-state index in [0.717, 1.165) is 22.3 Å². The molecule has 5 nitrogen and oxygen atoms in total. The van der Waals surface area contributed by atoms with Gasteiger partial charge in [-0.15, -0.1) is 0 Å². The lowest BCUT2D eigenvalue weighted by Crippen LogP contribution is -2.30. The third-order valence-corrected chi connectivity index (χ3v) is 4.04. The molecule has 1 N–H and O–H groups in total. The van der Waals surface area contributed by atoms with Gasteiger partial charge in [-0.3, -0.25) is 9.78 Å². The molecule has 0 saturated heterocycles. The zero-order valence-corrected chi connectivity index (χ0v) is 13.5. The summed E-state index contributed by atoms with van der Waals surface area (Å²) in [4.78, 5) is 26.3. The number of pyridine rings is 1. The van der Waals surface area contributed by atoms with E-state index < -0.39 is 0 Å². The first-order chi connectivity index (χ1) is 12.3. The Bertz CT molecular complexity index is 996. The van der Waals surface area contributed by atoms with Crippen molar-refractivity contribution < 1.29 is 4.79 Å². The predicted octanol–water partition coefficient (Wildman–Crippen LogP) is 3.80. The predicted molar refractivity (Wildman–Crippen MR) is 97.3 cm³/mol. The topological polar surface area (TPSA) is 61.9 Å². The molecule has 0 saturated carbocycles. The maximum atomic E-state index is 13.2. The third kappa shape index (κ3) is 3.12. The summed E-state index contributed by atoms with van der Waals surface area (Å²) < 4.78 is 0. The number of benzene rings is 2. The van der Waals surface area contributed by atoms with Gasteiger partial charge in [0.15, 0.2) is 0 Å². The van der Waals surface area contributed by atoms with E-state index in [1.165, 1.54) is 0 Å². The van der Waals surface area contributed by atoms with E-state index in [0.29, 0.717) is 12.1 Å². The van der Waals surface area contributed by atoms with Gasteiger partial charge in [-0.2, -0.15) is 0 Å². The molecule has 0 atom stereocenters. The Kier molecular flexibility index (Phi) is 3.96. The maximum Gasteiger partial charge on any atom is 0.258 e. The van der Waals surface area contributed by atoms with Crippen molar-refractivity contribution >= 4 is 22.6 Å². The number of nitrogens with zero attached hydrogens (tertiary/aromatic N) is 3. The molecule has 0 aliphatic carbocycles. The number of carbonyl (C=O) groups is 1. The van der Waals surface area contributed by atoms with Gasteiger partial charge in [0, 0.05) is 23.6 Å². The Morgan fingerprint density at radius 1 is 1.04 bits per heavy atom. The number of fused-ring (bicyclic) bond motifs is 1. The molecule has 0 spiro atoms. The summed E-state index contributed by atoms with van der Waals surface area (Å²) >= 11 is 0. The Hall–Kier alpha value is -3.47. The molecule has 122 valence electrons. The summed E-state index contributed by atoms with van der Waals surface area (Å²) in [5.74, 6) is -0.0634. The van der Waals surface area contributed by atoms with Crippen molar-refractivity contribution in [3.63, 3.8) is 0 Å². The molecule has 0 radical (unpaired) electrons. The van der Waals surface area contributed by atoms with Crippen LogP contribution in [0.4, 0.5) is 5.69 Å². The Labute approximate surface area is 145 Å². The Morgan fingerprint density at radius 2 is 1.92 bits per heavy atom. The quantitative estimate of drug-likeness (QED) is 0.620. The number of para-hydroxylation sites is 1. The highest BCUT2D eigenvalue weighted by atomic mass is 16.2. The van der Waals surface area contributed by atoms with E-state index >= 15 is 0 Å². The first-order valence-corrected chi connectivity index (χ1v) is 8.00. The molecule has 0 fully saturated rings. The first kappa shape index (κ1) is 15.1. The van der Waals surface area contributed by atoms with Gasteiger partial charge in [-0.05, 0) is 42.0 Å². The molecule has 5 heteroatoms. The van der Waals surface area contributed by atoms with Crippen LogP contribution in [-0.2, 0) is 6.54 Å². The highest BCUT2D eigenvalue weighted by molar-refractivity contribution is 6.07. The molecule has 1 amide bonds. The third-order valence-electron chi connectivity index (χ3n) is 4.04. The van der Waals surface area contributed by atoms with Crippen LogP contribution in [0.15, 0.2) is 79.4 Å². The van der Waals surface area contributed by atoms with Crippen molar-refractivity contribution in [1.29, 1.82) is 0 Å². The lowest BCUT2D eigenvalue weighted by atomic mass is 10.1. The molecule has 2 aromatic heterocycles. The van der Waals surface area contributed by atoms with E-state index in [1.54, 1.807) is 23.6 Å². The molecular weight excluding hydrogens is 312 g/mol. The van der Waals surface area contributed by atoms with E-state index in [-0.39, 0.29) is 5.91 Å². The summed E-state index contributed by atoms with van der Waals surface area (Å²) in [5, 5.41) is 0. The molecule has 0 unspecified atom stereocenters. The van der Waals surface area contributed by atoms with Gasteiger partial charge in [0.05, 0.1) is 23.9 Å². The van der Waals surface area contributed by atoms with Gasteiger partial charge in [0.25, 0.3) is 5.91 Å². The van der Waals surface area contributed by atoms with E-state index in [4.69, 9.17) is 0 Å². The average Bonchev–Trinajstić information content (AvgIpc) is 3.15. The molecule has 0 aliphatic rings. The summed E-state index contributed by atoms with van der Waals surface area (Å²) in [7, 11) is 0. The van der Waals surface area contributed by atoms with Gasteiger partial charge >= 0.3 is 0 Å². The number of nitrogens with one attached hydrogen (secondary N) is 1. The van der Waals surface area contributed by atoms with Gasteiger partial charge in [-0.25, -0.2) is 4.98 Å². The van der Waals surface area contributed by atoms with Crippen LogP contribution in [0.3, 0.4) is 0 Å². The normalized spacial score (nSPS) is 10.7. The van der Waals surface area contributed by atoms with Gasteiger partial charge < -0.3 is 9.88 Å². The number of rotatable bonds is 4. The lowest BCUT2D eigenvalue weighted by molar-refractivity contribution is 0.0985. The number of aromatic amines is 1. The van der Waals surface area contributed by atoms with E-state index in [2.05, 4.69) is 15.0 Å². The number of amides is 1. The van der Waals surface area contributed by atoms with Gasteiger partial charge in [0.1, 0.15) is 0 Å². The lowest BCUT2D eigenvalue weighted by Gasteiger charge is -2.23. The first-order valence-electron chi connectivity index (χ1n) is 8.00. The van der Waals surface area contributed by atoms with E-state index in [9.17, 15) is 4.79 Å². The highest BCUT2D eigenvalue weighted by Crippen LogP contribution is 2.21. The number of hydrogen-bond acceptors (Lipinski definition) is 3. The Balaban J connectivity index is 1.72. The number of H-pyrrole nitrogens is 1. The second kappa shape index (κ2) is 6.57. The van der Waals surface area contributed by atoms with Crippen molar-refractivity contribution in [3.8, 4) is 0 Å². The SMILES string of the molecule is O=C(c1ccc2nc[nH]c2c1)N(Cc1cccnc1)c1ccccc1. The fourth-order valence-corrected chi connectivity index (χ4v) is 2.79. The minimum atomic E-state index is -0.0634. The molecule has 4 rings (SSSR count). The standard InChI is InChI=1S/C20H16N4O/c25-20(16-8-9-18-19(11-16)23-14-22-18)24(17-6-2-1-3-7-17)13-15-5-4-10-21-12-15/h1-12,14H,13H2,(H,22,23). The molecule has 0 bridgehead atoms. The minimum absolute atomic E-state index is 0.0634. The smallest absolute Gasteiger partial charge is 0.258 e. The summed E-state index contributed by atoms with van der Waals surface area (Å²) in [5.41, 5.74) is 4.13. The Morgan fingerprint density at radius 3 is 2.72 bits per heavy atom. The van der Waals surface area contributed by atoms with Crippen molar-refractivity contribution in [2.24, 2.45) is 0 Å². The molecular formula is C20H16N4O. The van der Waals surface area contributed by atoms with Crippen LogP contribution in [0, 0.1) is 0 Å². The number of carbonyl (C=O) groups excluding carboxylic acids is 1. The van der Waals surface area contributed by atoms with Crippen molar-refractivity contribution in [2.75, 3.05) is 4.90 Å². The second-order valence-electron chi connectivity index (χ2n) is 5.72. The fourth-order valence-electron chi connectivity index (χ4n) is 2.79. The molecule has 0 aliphatic heterocycles. The van der Waals surface area contributed by atoms with Gasteiger partial charge in [-0.1, -0.05) is 24.3 Å². The van der Waals surface area contributed by atoms with Crippen molar-refractivity contribution in [3.05, 3.63) is 90.5 Å². The fraction of sp³-hybridized carbons (Fsp3) is 0.0500. The number of imidazole rings is 1. The van der Waals surface area contributed by atoms with Crippen molar-refractivity contribution in [2.45, 2.75) is 6.54 Å². The zero-order valence-electron chi connectivity index (χ0n) is 13.5. The largest absolute Gasteiger partial charge is 0.345 e. The number of hydrogen-bond donors (Lipinski definition) is 1. The minimum Gasteiger partial charge on any atom is -0.345 e. The molecule has 2 aromatic carbocycles. The van der Waals surface area contributed by atoms with Crippen LogP contribution in [0.2, 0.25) is 0 Å². The number of aromatic nitrogens is 3. The van der Waals surface area contributed by atoms with E-state index in [1.807, 2.05) is 60.7 Å². The summed E-state index contributed by atoms with van der Waals surface area (Å²) in [6.07, 6.45) is 5.13. The van der Waals surface area contributed by atoms with Crippen molar-refractivity contribution in [1.82, 2.24) is 15.0 Å². The van der Waals surface area contributed by atoms with Crippen LogP contribution in [-0.4, -0.2) is 20.9 Å². The van der Waals surface area contributed by atoms with Crippen LogP contribution in [0.25, 0.3) is 11.0 Å². The molecule has 2 heterocycles. The summed E-state index contributed by atoms with van der Waals surface area (Å²) in [6.45, 7) is 0.456. The molecule has 4 aromatic rings.